The van der Waals surface area contributed by atoms with E-state index in [1.807, 2.05) is 17.5 Å². The van der Waals surface area contributed by atoms with Crippen molar-refractivity contribution in [2.45, 2.75) is 6.10 Å². The highest BCUT2D eigenvalue weighted by atomic mass is 32.1. The smallest absolute Gasteiger partial charge is 0.270 e. The van der Waals surface area contributed by atoms with Gasteiger partial charge < -0.3 is 14.6 Å². The molecule has 1 aliphatic rings. The molecule has 1 fully saturated rings. The van der Waals surface area contributed by atoms with E-state index in [0.717, 1.165) is 15.8 Å². The number of H-pyrrole nitrogens is 1. The lowest BCUT2D eigenvalue weighted by Crippen LogP contribution is -2.42. The summed E-state index contributed by atoms with van der Waals surface area (Å²) in [7, 11) is 0. The normalized spacial score (nSPS) is 18.5. The van der Waals surface area contributed by atoms with Crippen molar-refractivity contribution in [3.8, 4) is 0 Å². The number of benzene rings is 1. The van der Waals surface area contributed by atoms with Gasteiger partial charge in [0, 0.05) is 6.54 Å². The van der Waals surface area contributed by atoms with E-state index >= 15 is 0 Å². The number of aromatic nitrogens is 1. The number of fused-ring (bicyclic) bond motifs is 1. The summed E-state index contributed by atoms with van der Waals surface area (Å²) in [5.74, 6) is -0.298. The van der Waals surface area contributed by atoms with E-state index in [0.29, 0.717) is 25.4 Å². The Balaban J connectivity index is 1.53. The number of amides is 1. The zero-order chi connectivity index (χ0) is 15.8. The summed E-state index contributed by atoms with van der Waals surface area (Å²) < 4.78 is 19.9. The monoisotopic (exact) mass is 330 g/mol. The number of carbonyl (C=O) groups is 1. The molecule has 3 aromatic rings. The molecule has 0 saturated carbocycles. The molecule has 4 nitrogen and oxygen atoms in total. The fraction of sp³-hybridized carbons (Fsp3) is 0.235. The molecule has 1 N–H and O–H groups in total. The lowest BCUT2D eigenvalue weighted by molar-refractivity contribution is -0.0230. The topological polar surface area (TPSA) is 45.3 Å². The molecule has 4 rings (SSSR count). The predicted octanol–water partition coefficient (Wildman–Crippen LogP) is 3.58. The number of carbonyl (C=O) groups excluding carboxylic acids is 1. The van der Waals surface area contributed by atoms with Crippen LogP contribution in [-0.4, -0.2) is 35.5 Å². The van der Waals surface area contributed by atoms with Crippen LogP contribution >= 0.6 is 11.3 Å². The maximum Gasteiger partial charge on any atom is 0.270 e. The molecule has 1 saturated heterocycles. The van der Waals surface area contributed by atoms with Crippen LogP contribution in [0.1, 0.15) is 22.2 Å². The highest BCUT2D eigenvalue weighted by molar-refractivity contribution is 7.17. The molecule has 0 spiro atoms. The summed E-state index contributed by atoms with van der Waals surface area (Å²) in [4.78, 5) is 17.6. The summed E-state index contributed by atoms with van der Waals surface area (Å²) in [6.07, 6.45) is -0.218. The maximum atomic E-state index is 13.0. The average molecular weight is 330 g/mol. The van der Waals surface area contributed by atoms with Crippen molar-refractivity contribution in [1.82, 2.24) is 9.88 Å². The van der Waals surface area contributed by atoms with E-state index in [2.05, 4.69) is 4.98 Å². The first-order valence-electron chi connectivity index (χ1n) is 7.43. The highest BCUT2D eigenvalue weighted by Gasteiger charge is 2.27. The van der Waals surface area contributed by atoms with Gasteiger partial charge in [-0.3, -0.25) is 4.79 Å². The highest BCUT2D eigenvalue weighted by Crippen LogP contribution is 2.25. The number of nitrogens with one attached hydrogen (secondary N) is 1. The molecule has 1 aliphatic heterocycles. The lowest BCUT2D eigenvalue weighted by atomic mass is 10.1. The van der Waals surface area contributed by atoms with Gasteiger partial charge in [-0.2, -0.15) is 0 Å². The van der Waals surface area contributed by atoms with Crippen LogP contribution in [0.4, 0.5) is 4.39 Å². The van der Waals surface area contributed by atoms with Gasteiger partial charge in [0.05, 0.1) is 23.4 Å². The van der Waals surface area contributed by atoms with Crippen LogP contribution in [-0.2, 0) is 4.74 Å². The molecule has 0 radical (unpaired) electrons. The lowest BCUT2D eigenvalue weighted by Gasteiger charge is -2.33. The number of halogens is 1. The predicted molar refractivity (Wildman–Crippen MR) is 87.2 cm³/mol. The first-order chi connectivity index (χ1) is 11.2. The van der Waals surface area contributed by atoms with Gasteiger partial charge in [0.2, 0.25) is 0 Å². The molecular weight excluding hydrogens is 315 g/mol. The number of hydrogen-bond acceptors (Lipinski definition) is 3. The molecule has 2 aromatic heterocycles. The summed E-state index contributed by atoms with van der Waals surface area (Å²) >= 11 is 1.61. The van der Waals surface area contributed by atoms with Gasteiger partial charge >= 0.3 is 0 Å². The first-order valence-corrected chi connectivity index (χ1v) is 8.31. The standard InChI is InChI=1S/C17H15FN2O2S/c18-12-3-1-11(2-4-12)15-10-20(6-7-22-15)17(21)14-9-16-13(19-14)5-8-23-16/h1-5,8-9,15,19H,6-7,10H2/t15-/m0/s1. The molecular formula is C17H15FN2O2S. The number of nitrogens with zero attached hydrogens (tertiary/aromatic N) is 1. The SMILES string of the molecule is O=C(c1cc2sccc2[nH]1)N1CCO[C@H](c2ccc(F)cc2)C1. The van der Waals surface area contributed by atoms with Gasteiger partial charge in [0.15, 0.2) is 0 Å². The molecule has 0 aliphatic carbocycles. The van der Waals surface area contributed by atoms with E-state index in [1.165, 1.54) is 12.1 Å². The number of aromatic amines is 1. The maximum absolute atomic E-state index is 13.0. The van der Waals surface area contributed by atoms with Crippen molar-refractivity contribution in [3.05, 3.63) is 58.9 Å². The van der Waals surface area contributed by atoms with Crippen LogP contribution in [0.25, 0.3) is 10.2 Å². The van der Waals surface area contributed by atoms with Gasteiger partial charge in [-0.1, -0.05) is 12.1 Å². The number of thiophene rings is 1. The molecule has 1 atom stereocenters. The summed E-state index contributed by atoms with van der Waals surface area (Å²) in [5, 5.41) is 1.99. The summed E-state index contributed by atoms with van der Waals surface area (Å²) in [5.41, 5.74) is 2.48. The van der Waals surface area contributed by atoms with E-state index in [1.54, 1.807) is 28.4 Å². The van der Waals surface area contributed by atoms with Crippen LogP contribution in [0.3, 0.4) is 0 Å². The number of ether oxygens (including phenoxy) is 1. The fourth-order valence-corrected chi connectivity index (χ4v) is 3.63. The average Bonchev–Trinajstić information content (AvgIpc) is 3.16. The largest absolute Gasteiger partial charge is 0.370 e. The Morgan fingerprint density at radius 2 is 2.13 bits per heavy atom. The van der Waals surface area contributed by atoms with E-state index < -0.39 is 0 Å². The second-order valence-corrected chi connectivity index (χ2v) is 6.49. The third-order valence-electron chi connectivity index (χ3n) is 4.07. The van der Waals surface area contributed by atoms with Crippen molar-refractivity contribution >= 4 is 27.5 Å². The number of hydrogen-bond donors (Lipinski definition) is 1. The van der Waals surface area contributed by atoms with Crippen LogP contribution in [0.2, 0.25) is 0 Å². The van der Waals surface area contributed by atoms with E-state index in [-0.39, 0.29) is 17.8 Å². The van der Waals surface area contributed by atoms with Gasteiger partial charge in [0.1, 0.15) is 17.6 Å². The Kier molecular flexibility index (Phi) is 3.63. The zero-order valence-corrected chi connectivity index (χ0v) is 13.1. The molecule has 1 amide bonds. The molecule has 23 heavy (non-hydrogen) atoms. The summed E-state index contributed by atoms with van der Waals surface area (Å²) in [6, 6.07) is 10.1. The molecule has 6 heteroatoms. The Morgan fingerprint density at radius 3 is 2.91 bits per heavy atom. The van der Waals surface area contributed by atoms with Crippen molar-refractivity contribution in [3.63, 3.8) is 0 Å². The van der Waals surface area contributed by atoms with E-state index in [9.17, 15) is 9.18 Å². The zero-order valence-electron chi connectivity index (χ0n) is 12.3. The van der Waals surface area contributed by atoms with Crippen molar-refractivity contribution in [1.29, 1.82) is 0 Å². The Labute approximate surface area is 136 Å². The van der Waals surface area contributed by atoms with Crippen molar-refractivity contribution in [2.24, 2.45) is 0 Å². The molecule has 0 bridgehead atoms. The fourth-order valence-electron chi connectivity index (χ4n) is 2.85. The minimum atomic E-state index is -0.274. The van der Waals surface area contributed by atoms with Gasteiger partial charge in [0.25, 0.3) is 5.91 Å². The quantitative estimate of drug-likeness (QED) is 0.780. The first kappa shape index (κ1) is 14.4. The van der Waals surface area contributed by atoms with E-state index in [4.69, 9.17) is 4.74 Å². The summed E-state index contributed by atoms with van der Waals surface area (Å²) in [6.45, 7) is 1.50. The Morgan fingerprint density at radius 1 is 1.30 bits per heavy atom. The minimum absolute atomic E-state index is 0.0242. The molecule has 0 unspecified atom stereocenters. The Hall–Kier alpha value is -2.18. The third-order valence-corrected chi connectivity index (χ3v) is 4.93. The minimum Gasteiger partial charge on any atom is -0.370 e. The Bertz CT molecular complexity index is 811. The number of morpholine rings is 1. The van der Waals surface area contributed by atoms with Crippen LogP contribution in [0, 0.1) is 5.82 Å². The van der Waals surface area contributed by atoms with Crippen molar-refractivity contribution < 1.29 is 13.9 Å². The number of rotatable bonds is 2. The van der Waals surface area contributed by atoms with Crippen molar-refractivity contribution in [2.75, 3.05) is 19.7 Å². The van der Waals surface area contributed by atoms with Crippen LogP contribution in [0.5, 0.6) is 0 Å². The van der Waals surface area contributed by atoms with Gasteiger partial charge in [-0.25, -0.2) is 4.39 Å². The third kappa shape index (κ3) is 2.75. The van der Waals surface area contributed by atoms with Gasteiger partial charge in [-0.15, -0.1) is 11.3 Å². The van der Waals surface area contributed by atoms with Gasteiger partial charge in [-0.05, 0) is 35.2 Å². The molecule has 1 aromatic carbocycles. The van der Waals surface area contributed by atoms with Crippen LogP contribution in [0.15, 0.2) is 41.8 Å². The second kappa shape index (κ2) is 5.79. The second-order valence-electron chi connectivity index (χ2n) is 5.54. The molecule has 3 heterocycles. The molecule has 118 valence electrons. The van der Waals surface area contributed by atoms with Crippen LogP contribution < -0.4 is 0 Å².